The van der Waals surface area contributed by atoms with Gasteiger partial charge in [0.2, 0.25) is 0 Å². The van der Waals surface area contributed by atoms with Gasteiger partial charge in [0.1, 0.15) is 0 Å². The van der Waals surface area contributed by atoms with Crippen LogP contribution in [0.25, 0.3) is 27.4 Å². The number of anilines is 1. The van der Waals surface area contributed by atoms with Gasteiger partial charge in [-0.2, -0.15) is 0 Å². The second-order valence-corrected chi connectivity index (χ2v) is 6.82. The number of aromatic nitrogens is 1. The van der Waals surface area contributed by atoms with Crippen molar-refractivity contribution in [2.45, 2.75) is 39.8 Å². The molecule has 22 heavy (non-hydrogen) atoms. The summed E-state index contributed by atoms with van der Waals surface area (Å²) in [7, 11) is 0. The van der Waals surface area contributed by atoms with E-state index in [0.717, 1.165) is 6.54 Å². The molecule has 0 saturated heterocycles. The predicted molar refractivity (Wildman–Crippen MR) is 96.5 cm³/mol. The number of fused-ring (bicyclic) bond motifs is 5. The van der Waals surface area contributed by atoms with Crippen LogP contribution >= 0.6 is 0 Å². The van der Waals surface area contributed by atoms with Crippen molar-refractivity contribution in [2.24, 2.45) is 0 Å². The topological polar surface area (TPSA) is 17.0 Å². The monoisotopic (exact) mass is 290 g/mol. The highest BCUT2D eigenvalue weighted by Crippen LogP contribution is 2.41. The summed E-state index contributed by atoms with van der Waals surface area (Å²) in [5.41, 5.74) is 6.66. The summed E-state index contributed by atoms with van der Waals surface area (Å²) in [6.07, 6.45) is 2.34. The molecule has 0 unspecified atom stereocenters. The van der Waals surface area contributed by atoms with Crippen molar-refractivity contribution in [2.75, 3.05) is 5.32 Å². The first-order valence-electron chi connectivity index (χ1n) is 8.04. The summed E-state index contributed by atoms with van der Waals surface area (Å²) in [4.78, 5) is 0. The van der Waals surface area contributed by atoms with Crippen LogP contribution in [-0.2, 0) is 6.54 Å². The molecule has 2 aromatic carbocycles. The van der Waals surface area contributed by atoms with Crippen LogP contribution in [0.15, 0.2) is 42.5 Å². The summed E-state index contributed by atoms with van der Waals surface area (Å²) in [5, 5.41) is 6.36. The lowest BCUT2D eigenvalue weighted by molar-refractivity contribution is 0.707. The third-order valence-electron chi connectivity index (χ3n) is 4.68. The minimum Gasteiger partial charge on any atom is -0.376 e. The lowest BCUT2D eigenvalue weighted by Gasteiger charge is -2.32. The van der Waals surface area contributed by atoms with Gasteiger partial charge in [0.15, 0.2) is 0 Å². The molecule has 0 fully saturated rings. The predicted octanol–water partition coefficient (Wildman–Crippen LogP) is 5.42. The summed E-state index contributed by atoms with van der Waals surface area (Å²) < 4.78 is 2.45. The zero-order valence-electron chi connectivity index (χ0n) is 13.7. The maximum atomic E-state index is 3.66. The Morgan fingerprint density at radius 3 is 2.59 bits per heavy atom. The van der Waals surface area contributed by atoms with Crippen molar-refractivity contribution in [3.05, 3.63) is 48.0 Å². The van der Waals surface area contributed by atoms with Crippen LogP contribution in [0.3, 0.4) is 0 Å². The highest BCUT2D eigenvalue weighted by Gasteiger charge is 2.25. The van der Waals surface area contributed by atoms with Gasteiger partial charge in [0.25, 0.3) is 0 Å². The molecule has 112 valence electrons. The molecular formula is C20H22N2. The molecule has 0 amide bonds. The molecule has 1 aromatic heterocycles. The molecule has 0 bridgehead atoms. The Labute approximate surface area is 131 Å². The summed E-state index contributed by atoms with van der Waals surface area (Å²) in [5.74, 6) is 0. The standard InChI is InChI=1S/C20H22N2/c1-5-22-17-9-7-6-8-14(17)15-10-11-16-18(19(15)22)13(2)12-20(3,4)21-16/h6-12,21H,5H2,1-4H3. The van der Waals surface area contributed by atoms with E-state index < -0.39 is 0 Å². The van der Waals surface area contributed by atoms with Crippen molar-refractivity contribution in [1.29, 1.82) is 0 Å². The van der Waals surface area contributed by atoms with Gasteiger partial charge >= 0.3 is 0 Å². The zero-order valence-corrected chi connectivity index (χ0v) is 13.7. The highest BCUT2D eigenvalue weighted by molar-refractivity contribution is 6.13. The first-order chi connectivity index (χ1) is 10.5. The third kappa shape index (κ3) is 1.73. The van der Waals surface area contributed by atoms with E-state index in [1.807, 2.05) is 0 Å². The summed E-state index contributed by atoms with van der Waals surface area (Å²) in [6.45, 7) is 9.89. The molecule has 2 heteroatoms. The van der Waals surface area contributed by atoms with Gasteiger partial charge < -0.3 is 9.88 Å². The van der Waals surface area contributed by atoms with E-state index >= 15 is 0 Å². The van der Waals surface area contributed by atoms with Crippen molar-refractivity contribution in [3.63, 3.8) is 0 Å². The van der Waals surface area contributed by atoms with Gasteiger partial charge in [-0.3, -0.25) is 0 Å². The smallest absolute Gasteiger partial charge is 0.0588 e. The number of nitrogens with one attached hydrogen (secondary N) is 1. The zero-order chi connectivity index (χ0) is 15.5. The molecule has 0 atom stereocenters. The van der Waals surface area contributed by atoms with Crippen molar-refractivity contribution >= 4 is 33.1 Å². The molecule has 2 heterocycles. The van der Waals surface area contributed by atoms with Gasteiger partial charge in [0, 0.05) is 34.1 Å². The molecule has 2 nitrogen and oxygen atoms in total. The fourth-order valence-corrected chi connectivity index (χ4v) is 3.97. The molecule has 0 spiro atoms. The minimum absolute atomic E-state index is 0.00776. The molecule has 0 aliphatic carbocycles. The minimum atomic E-state index is 0.00776. The largest absolute Gasteiger partial charge is 0.376 e. The van der Waals surface area contributed by atoms with Crippen LogP contribution in [0.1, 0.15) is 33.3 Å². The van der Waals surface area contributed by atoms with E-state index in [0.29, 0.717) is 0 Å². The molecule has 4 rings (SSSR count). The average Bonchev–Trinajstić information content (AvgIpc) is 2.79. The lowest BCUT2D eigenvalue weighted by Crippen LogP contribution is -2.31. The van der Waals surface area contributed by atoms with Gasteiger partial charge in [-0.25, -0.2) is 0 Å². The number of hydrogen-bond donors (Lipinski definition) is 1. The Morgan fingerprint density at radius 1 is 1.05 bits per heavy atom. The van der Waals surface area contributed by atoms with Gasteiger partial charge in [-0.05, 0) is 45.4 Å². The van der Waals surface area contributed by atoms with Gasteiger partial charge in [0.05, 0.1) is 11.1 Å². The van der Waals surface area contributed by atoms with Gasteiger partial charge in [-0.15, -0.1) is 0 Å². The van der Waals surface area contributed by atoms with E-state index in [-0.39, 0.29) is 5.54 Å². The lowest BCUT2D eigenvalue weighted by atomic mass is 9.90. The molecule has 1 aliphatic rings. The Morgan fingerprint density at radius 2 is 1.82 bits per heavy atom. The third-order valence-corrected chi connectivity index (χ3v) is 4.68. The van der Waals surface area contributed by atoms with Crippen molar-refractivity contribution < 1.29 is 0 Å². The second kappa shape index (κ2) is 4.39. The molecule has 3 aromatic rings. The molecule has 1 aliphatic heterocycles. The Bertz CT molecular complexity index is 926. The fourth-order valence-electron chi connectivity index (χ4n) is 3.97. The van der Waals surface area contributed by atoms with Crippen LogP contribution in [0.2, 0.25) is 0 Å². The molecule has 0 saturated carbocycles. The van der Waals surface area contributed by atoms with Crippen LogP contribution < -0.4 is 5.32 Å². The molecule has 1 N–H and O–H groups in total. The number of benzene rings is 2. The first-order valence-corrected chi connectivity index (χ1v) is 8.04. The summed E-state index contributed by atoms with van der Waals surface area (Å²) in [6, 6.07) is 13.2. The summed E-state index contributed by atoms with van der Waals surface area (Å²) >= 11 is 0. The number of allylic oxidation sites excluding steroid dienone is 1. The van der Waals surface area contributed by atoms with E-state index in [1.54, 1.807) is 0 Å². The average molecular weight is 290 g/mol. The molecule has 0 radical (unpaired) electrons. The Kier molecular flexibility index (Phi) is 2.68. The fraction of sp³-hybridized carbons (Fsp3) is 0.300. The van der Waals surface area contributed by atoms with E-state index in [9.17, 15) is 0 Å². The van der Waals surface area contributed by atoms with Crippen molar-refractivity contribution in [1.82, 2.24) is 4.57 Å². The van der Waals surface area contributed by atoms with Crippen LogP contribution in [-0.4, -0.2) is 10.1 Å². The van der Waals surface area contributed by atoms with E-state index in [2.05, 4.69) is 80.1 Å². The van der Waals surface area contributed by atoms with E-state index in [1.165, 1.54) is 38.6 Å². The number of para-hydroxylation sites is 1. The van der Waals surface area contributed by atoms with Crippen molar-refractivity contribution in [3.8, 4) is 0 Å². The number of rotatable bonds is 1. The van der Waals surface area contributed by atoms with E-state index in [4.69, 9.17) is 0 Å². The van der Waals surface area contributed by atoms with Crippen LogP contribution in [0.4, 0.5) is 5.69 Å². The number of aryl methyl sites for hydroxylation is 1. The Hall–Kier alpha value is -2.22. The normalized spacial score (nSPS) is 16.5. The highest BCUT2D eigenvalue weighted by atomic mass is 15.0. The number of nitrogens with zero attached hydrogens (tertiary/aromatic N) is 1. The maximum absolute atomic E-state index is 3.66. The molecular weight excluding hydrogens is 268 g/mol. The Balaban J connectivity index is 2.19. The first kappa shape index (κ1) is 13.4. The quantitative estimate of drug-likeness (QED) is 0.633. The van der Waals surface area contributed by atoms with Crippen LogP contribution in [0, 0.1) is 0 Å². The SMILES string of the molecule is CCn1c2ccccc2c2ccc3c(c21)C(C)=CC(C)(C)N3. The van der Waals surface area contributed by atoms with Crippen LogP contribution in [0.5, 0.6) is 0 Å². The van der Waals surface area contributed by atoms with Gasteiger partial charge in [-0.1, -0.05) is 30.3 Å². The second-order valence-electron chi connectivity index (χ2n) is 6.82. The number of hydrogen-bond acceptors (Lipinski definition) is 1. The maximum Gasteiger partial charge on any atom is 0.0588 e.